The van der Waals surface area contributed by atoms with Crippen LogP contribution in [0.4, 0.5) is 4.79 Å². The first kappa shape index (κ1) is 24.3. The van der Waals surface area contributed by atoms with Crippen molar-refractivity contribution in [1.82, 2.24) is 10.6 Å². The van der Waals surface area contributed by atoms with Crippen LogP contribution in [0.5, 0.6) is 0 Å². The molecule has 1 saturated carbocycles. The number of amides is 2. The van der Waals surface area contributed by atoms with E-state index in [0.717, 1.165) is 41.5 Å². The Morgan fingerprint density at radius 3 is 2.23 bits per heavy atom. The molecule has 0 radical (unpaired) electrons. The molecule has 2 unspecified atom stereocenters. The summed E-state index contributed by atoms with van der Waals surface area (Å²) >= 11 is 0. The van der Waals surface area contributed by atoms with Crippen LogP contribution < -0.4 is 10.6 Å². The maximum absolute atomic E-state index is 12.9. The average Bonchev–Trinajstić information content (AvgIpc) is 3.15. The molecule has 2 atom stereocenters. The van der Waals surface area contributed by atoms with Crippen molar-refractivity contribution in [2.45, 2.75) is 44.6 Å². The summed E-state index contributed by atoms with van der Waals surface area (Å²) in [5.41, 5.74) is 4.56. The van der Waals surface area contributed by atoms with Gasteiger partial charge in [-0.3, -0.25) is 4.79 Å². The van der Waals surface area contributed by atoms with Crippen LogP contribution in [0.15, 0.2) is 48.5 Å². The predicted octanol–water partition coefficient (Wildman–Crippen LogP) is 3.92. The number of aliphatic carboxylic acids is 1. The topological polar surface area (TPSA) is 105 Å². The third kappa shape index (κ3) is 5.48. The number of carboxylic acid groups (broad SMARTS) is 1. The summed E-state index contributed by atoms with van der Waals surface area (Å²) in [6.07, 6.45) is 2.21. The number of carbonyl (C=O) groups is 3. The summed E-state index contributed by atoms with van der Waals surface area (Å²) in [5.74, 6) is 3.40. The van der Waals surface area contributed by atoms with Gasteiger partial charge in [0.2, 0.25) is 5.91 Å². The first-order valence-electron chi connectivity index (χ1n) is 12.0. The van der Waals surface area contributed by atoms with Crippen LogP contribution in [0.25, 0.3) is 11.1 Å². The van der Waals surface area contributed by atoms with Gasteiger partial charge in [-0.25, -0.2) is 9.59 Å². The highest BCUT2D eigenvalue weighted by Crippen LogP contribution is 2.44. The molecule has 2 aromatic rings. The molecule has 7 heteroatoms. The maximum Gasteiger partial charge on any atom is 0.407 e. The Morgan fingerprint density at radius 2 is 1.69 bits per heavy atom. The molecule has 7 nitrogen and oxygen atoms in total. The van der Waals surface area contributed by atoms with Gasteiger partial charge in [0.15, 0.2) is 0 Å². The number of hydrogen-bond acceptors (Lipinski definition) is 4. The van der Waals surface area contributed by atoms with E-state index < -0.39 is 24.0 Å². The maximum atomic E-state index is 12.9. The lowest BCUT2D eigenvalue weighted by atomic mass is 9.75. The van der Waals surface area contributed by atoms with Gasteiger partial charge >= 0.3 is 12.1 Å². The number of hydrogen-bond donors (Lipinski definition) is 3. The summed E-state index contributed by atoms with van der Waals surface area (Å²) in [6.45, 7) is 1.91. The second kappa shape index (κ2) is 11.1. The Labute approximate surface area is 205 Å². The fourth-order valence-corrected chi connectivity index (χ4v) is 4.84. The van der Waals surface area contributed by atoms with Crippen molar-refractivity contribution in [3.63, 3.8) is 0 Å². The number of nitrogens with one attached hydrogen (secondary N) is 2. The van der Waals surface area contributed by atoms with Crippen molar-refractivity contribution < 1.29 is 24.2 Å². The van der Waals surface area contributed by atoms with Gasteiger partial charge in [-0.2, -0.15) is 0 Å². The van der Waals surface area contributed by atoms with Crippen molar-refractivity contribution in [1.29, 1.82) is 0 Å². The van der Waals surface area contributed by atoms with Gasteiger partial charge in [-0.05, 0) is 47.9 Å². The molecule has 182 valence electrons. The third-order valence-corrected chi connectivity index (χ3v) is 6.96. The number of alkyl carbamates (subject to hydrolysis) is 1. The van der Waals surface area contributed by atoms with E-state index in [1.807, 2.05) is 24.3 Å². The molecule has 2 aromatic carbocycles. The van der Waals surface area contributed by atoms with Gasteiger partial charge in [-0.15, -0.1) is 11.8 Å². The molecule has 0 aliphatic heterocycles. The zero-order valence-electron chi connectivity index (χ0n) is 19.8. The average molecular weight is 475 g/mol. The Kier molecular flexibility index (Phi) is 7.71. The quantitative estimate of drug-likeness (QED) is 0.478. The third-order valence-electron chi connectivity index (χ3n) is 6.96. The highest BCUT2D eigenvalue weighted by Gasteiger charge is 2.35. The normalized spacial score (nSPS) is 15.9. The predicted molar refractivity (Wildman–Crippen MR) is 132 cm³/mol. The molecular weight excluding hydrogens is 444 g/mol. The molecule has 2 amide bonds. The fourth-order valence-electron chi connectivity index (χ4n) is 4.84. The van der Waals surface area contributed by atoms with Gasteiger partial charge in [0.05, 0.1) is 5.92 Å². The molecule has 0 heterocycles. The molecule has 2 aliphatic rings. The van der Waals surface area contributed by atoms with E-state index in [1.165, 1.54) is 0 Å². The summed E-state index contributed by atoms with van der Waals surface area (Å²) in [4.78, 5) is 37.0. The van der Waals surface area contributed by atoms with Crippen molar-refractivity contribution in [3.05, 3.63) is 59.7 Å². The van der Waals surface area contributed by atoms with Gasteiger partial charge in [-0.1, -0.05) is 55.0 Å². The minimum atomic E-state index is -1.13. The fraction of sp³-hybridized carbons (Fsp3) is 0.393. The van der Waals surface area contributed by atoms with E-state index in [2.05, 4.69) is 46.7 Å². The van der Waals surface area contributed by atoms with Gasteiger partial charge in [0, 0.05) is 18.9 Å². The zero-order chi connectivity index (χ0) is 24.8. The van der Waals surface area contributed by atoms with E-state index in [-0.39, 0.29) is 37.3 Å². The molecule has 1 fully saturated rings. The highest BCUT2D eigenvalue weighted by molar-refractivity contribution is 5.86. The summed E-state index contributed by atoms with van der Waals surface area (Å²) in [5, 5.41) is 14.7. The van der Waals surface area contributed by atoms with Crippen LogP contribution in [0.2, 0.25) is 0 Å². The van der Waals surface area contributed by atoms with Crippen LogP contribution >= 0.6 is 0 Å². The zero-order valence-corrected chi connectivity index (χ0v) is 19.8. The van der Waals surface area contributed by atoms with Crippen molar-refractivity contribution in [2.24, 2.45) is 11.8 Å². The minimum absolute atomic E-state index is 0.0365. The smallest absolute Gasteiger partial charge is 0.407 e. The molecule has 3 N–H and O–H groups in total. The Hall–Kier alpha value is -3.79. The van der Waals surface area contributed by atoms with Crippen LogP contribution in [0, 0.1) is 23.7 Å². The second-order valence-corrected chi connectivity index (χ2v) is 9.03. The van der Waals surface area contributed by atoms with Crippen LogP contribution in [0.3, 0.4) is 0 Å². The van der Waals surface area contributed by atoms with Crippen LogP contribution in [-0.4, -0.2) is 42.3 Å². The summed E-state index contributed by atoms with van der Waals surface area (Å²) in [7, 11) is 0. The van der Waals surface area contributed by atoms with Crippen LogP contribution in [0.1, 0.15) is 49.7 Å². The van der Waals surface area contributed by atoms with E-state index in [9.17, 15) is 19.5 Å². The molecule has 2 aliphatic carbocycles. The van der Waals surface area contributed by atoms with E-state index in [1.54, 1.807) is 6.92 Å². The standard InChI is InChI=1S/C28H30N2O5/c1-2-3-15-25(27(32)33)30-26(31)23(18-9-8-10-18)16-29-28(34)35-17-24-21-13-6-4-11-19(21)20-12-5-7-14-22(20)24/h4-7,11-14,18,23-25H,8-10,15-17H2,1H3,(H,29,34)(H,30,31)(H,32,33). The second-order valence-electron chi connectivity index (χ2n) is 9.03. The lowest BCUT2D eigenvalue weighted by molar-refractivity contribution is -0.142. The Balaban J connectivity index is 1.35. The van der Waals surface area contributed by atoms with E-state index in [4.69, 9.17) is 4.74 Å². The number of benzene rings is 2. The summed E-state index contributed by atoms with van der Waals surface area (Å²) in [6, 6.07) is 15.2. The molecule has 0 saturated heterocycles. The number of carbonyl (C=O) groups excluding carboxylic acids is 2. The van der Waals surface area contributed by atoms with E-state index >= 15 is 0 Å². The largest absolute Gasteiger partial charge is 0.480 e. The number of carboxylic acids is 1. The van der Waals surface area contributed by atoms with Gasteiger partial charge in [0.25, 0.3) is 0 Å². The lowest BCUT2D eigenvalue weighted by Crippen LogP contribution is -2.49. The van der Waals surface area contributed by atoms with Gasteiger partial charge < -0.3 is 20.5 Å². The van der Waals surface area contributed by atoms with Crippen LogP contribution in [-0.2, 0) is 14.3 Å². The van der Waals surface area contributed by atoms with Crippen molar-refractivity contribution >= 4 is 18.0 Å². The Bertz CT molecular complexity index is 1120. The molecular formula is C28H30N2O5. The number of rotatable bonds is 9. The molecule has 0 bridgehead atoms. The lowest BCUT2D eigenvalue weighted by Gasteiger charge is -2.33. The number of ether oxygens (including phenoxy) is 1. The highest BCUT2D eigenvalue weighted by atomic mass is 16.5. The SMILES string of the molecule is CC#CCC(NC(=O)C(CNC(=O)OCC1c2ccccc2-c2ccccc21)C1CCC1)C(=O)O. The molecule has 35 heavy (non-hydrogen) atoms. The first-order valence-corrected chi connectivity index (χ1v) is 12.0. The summed E-state index contributed by atoms with van der Waals surface area (Å²) < 4.78 is 5.58. The molecule has 0 aromatic heterocycles. The molecule has 0 spiro atoms. The Morgan fingerprint density at radius 1 is 1.06 bits per heavy atom. The number of fused-ring (bicyclic) bond motifs is 3. The minimum Gasteiger partial charge on any atom is -0.480 e. The van der Waals surface area contributed by atoms with Crippen molar-refractivity contribution in [2.75, 3.05) is 13.2 Å². The monoisotopic (exact) mass is 474 g/mol. The van der Waals surface area contributed by atoms with E-state index in [0.29, 0.717) is 0 Å². The first-order chi connectivity index (χ1) is 17.0. The van der Waals surface area contributed by atoms with Gasteiger partial charge in [0.1, 0.15) is 12.6 Å². The van der Waals surface area contributed by atoms with Crippen molar-refractivity contribution in [3.8, 4) is 23.0 Å². The molecule has 4 rings (SSSR count).